The standard InChI is InChI=1S/C17H28N4OS.HI/c1-13-7-10-23-15(13)12-21-17(18-2)20-9-8-19-16(22)11-14-5-3-4-6-14;/h7,10,14H,3-6,8-9,11-12H2,1-2H3,(H,19,22)(H2,18,20,21);1H. The van der Waals surface area contributed by atoms with Gasteiger partial charge in [-0.2, -0.15) is 0 Å². The van der Waals surface area contributed by atoms with Crippen LogP contribution in [0.4, 0.5) is 0 Å². The Bertz CT molecular complexity index is 526. The minimum Gasteiger partial charge on any atom is -0.355 e. The lowest BCUT2D eigenvalue weighted by molar-refractivity contribution is -0.121. The zero-order chi connectivity index (χ0) is 16.5. The zero-order valence-electron chi connectivity index (χ0n) is 14.6. The van der Waals surface area contributed by atoms with Gasteiger partial charge < -0.3 is 16.0 Å². The van der Waals surface area contributed by atoms with Crippen LogP contribution in [-0.2, 0) is 11.3 Å². The van der Waals surface area contributed by atoms with Crippen LogP contribution >= 0.6 is 35.3 Å². The summed E-state index contributed by atoms with van der Waals surface area (Å²) in [4.78, 5) is 17.4. The first kappa shape index (κ1) is 21.2. The van der Waals surface area contributed by atoms with Crippen LogP contribution in [0.3, 0.4) is 0 Å². The maximum atomic E-state index is 11.8. The Kier molecular flexibility index (Phi) is 10.3. The third kappa shape index (κ3) is 7.38. The molecule has 1 amide bonds. The number of aryl methyl sites for hydroxylation is 1. The third-order valence-electron chi connectivity index (χ3n) is 4.30. The number of nitrogens with zero attached hydrogens (tertiary/aromatic N) is 1. The second kappa shape index (κ2) is 11.7. The number of rotatable bonds is 7. The highest BCUT2D eigenvalue weighted by atomic mass is 127. The van der Waals surface area contributed by atoms with Gasteiger partial charge in [-0.05, 0) is 42.7 Å². The van der Waals surface area contributed by atoms with E-state index in [1.165, 1.54) is 36.1 Å². The molecule has 0 bridgehead atoms. The average molecular weight is 464 g/mol. The molecule has 1 aromatic rings. The Morgan fingerprint density at radius 1 is 1.25 bits per heavy atom. The van der Waals surface area contributed by atoms with Gasteiger partial charge in [0, 0.05) is 31.4 Å². The number of carbonyl (C=O) groups is 1. The van der Waals surface area contributed by atoms with Crippen LogP contribution in [0.2, 0.25) is 0 Å². The van der Waals surface area contributed by atoms with Gasteiger partial charge in [-0.3, -0.25) is 9.79 Å². The lowest BCUT2D eigenvalue weighted by atomic mass is 10.0. The summed E-state index contributed by atoms with van der Waals surface area (Å²) < 4.78 is 0. The van der Waals surface area contributed by atoms with Crippen LogP contribution in [0.25, 0.3) is 0 Å². The Morgan fingerprint density at radius 2 is 1.96 bits per heavy atom. The first-order valence-electron chi connectivity index (χ1n) is 8.43. The van der Waals surface area contributed by atoms with Gasteiger partial charge in [-0.1, -0.05) is 12.8 Å². The highest BCUT2D eigenvalue weighted by Gasteiger charge is 2.17. The van der Waals surface area contributed by atoms with Gasteiger partial charge in [-0.15, -0.1) is 35.3 Å². The molecule has 0 spiro atoms. The van der Waals surface area contributed by atoms with E-state index in [4.69, 9.17) is 0 Å². The quantitative estimate of drug-likeness (QED) is 0.252. The van der Waals surface area contributed by atoms with Crippen molar-refractivity contribution >= 4 is 47.2 Å². The van der Waals surface area contributed by atoms with Crippen molar-refractivity contribution in [1.82, 2.24) is 16.0 Å². The summed E-state index contributed by atoms with van der Waals surface area (Å²) in [5.74, 6) is 1.55. The lowest BCUT2D eigenvalue weighted by Crippen LogP contribution is -2.41. The van der Waals surface area contributed by atoms with E-state index >= 15 is 0 Å². The van der Waals surface area contributed by atoms with E-state index < -0.39 is 0 Å². The van der Waals surface area contributed by atoms with Crippen molar-refractivity contribution in [3.05, 3.63) is 21.9 Å². The van der Waals surface area contributed by atoms with Gasteiger partial charge in [0.1, 0.15) is 0 Å². The summed E-state index contributed by atoms with van der Waals surface area (Å²) in [6.07, 6.45) is 5.68. The molecular formula is C17H29IN4OS. The summed E-state index contributed by atoms with van der Waals surface area (Å²) in [5.41, 5.74) is 1.30. The first-order valence-corrected chi connectivity index (χ1v) is 9.31. The summed E-state index contributed by atoms with van der Waals surface area (Å²) in [6, 6.07) is 2.12. The minimum absolute atomic E-state index is 0. The first-order chi connectivity index (χ1) is 11.2. The molecule has 0 aromatic carbocycles. The van der Waals surface area contributed by atoms with Crippen LogP contribution in [0.5, 0.6) is 0 Å². The summed E-state index contributed by atoms with van der Waals surface area (Å²) in [5, 5.41) is 11.6. The van der Waals surface area contributed by atoms with Gasteiger partial charge in [0.05, 0.1) is 6.54 Å². The lowest BCUT2D eigenvalue weighted by Gasteiger charge is -2.13. The summed E-state index contributed by atoms with van der Waals surface area (Å²) in [7, 11) is 1.76. The number of carbonyl (C=O) groups excluding carboxylic acids is 1. The van der Waals surface area contributed by atoms with E-state index in [0.717, 1.165) is 12.5 Å². The fourth-order valence-electron chi connectivity index (χ4n) is 2.90. The number of hydrogen-bond acceptors (Lipinski definition) is 3. The fraction of sp³-hybridized carbons (Fsp3) is 0.647. The molecular weight excluding hydrogens is 435 g/mol. The Labute approximate surface area is 166 Å². The number of guanidine groups is 1. The largest absolute Gasteiger partial charge is 0.355 e. The molecule has 0 unspecified atom stereocenters. The molecule has 0 atom stereocenters. The van der Waals surface area contributed by atoms with Gasteiger partial charge in [0.2, 0.25) is 5.91 Å². The maximum Gasteiger partial charge on any atom is 0.220 e. The monoisotopic (exact) mass is 464 g/mol. The molecule has 7 heteroatoms. The topological polar surface area (TPSA) is 65.5 Å². The third-order valence-corrected chi connectivity index (χ3v) is 5.32. The number of halogens is 1. The van der Waals surface area contributed by atoms with Crippen LogP contribution in [-0.4, -0.2) is 32.0 Å². The van der Waals surface area contributed by atoms with Crippen molar-refractivity contribution in [3.8, 4) is 0 Å². The molecule has 24 heavy (non-hydrogen) atoms. The number of thiophene rings is 1. The molecule has 1 aliphatic carbocycles. The van der Waals surface area contributed by atoms with Gasteiger partial charge in [-0.25, -0.2) is 0 Å². The Balaban J connectivity index is 0.00000288. The van der Waals surface area contributed by atoms with Gasteiger partial charge >= 0.3 is 0 Å². The molecule has 1 saturated carbocycles. The molecule has 3 N–H and O–H groups in total. The second-order valence-corrected chi connectivity index (χ2v) is 7.08. The van der Waals surface area contributed by atoms with E-state index in [1.807, 2.05) is 0 Å². The van der Waals surface area contributed by atoms with Crippen LogP contribution in [0, 0.1) is 12.8 Å². The molecule has 2 rings (SSSR count). The van der Waals surface area contributed by atoms with E-state index in [-0.39, 0.29) is 29.9 Å². The molecule has 0 radical (unpaired) electrons. The van der Waals surface area contributed by atoms with Crippen LogP contribution < -0.4 is 16.0 Å². The summed E-state index contributed by atoms with van der Waals surface area (Å²) in [6.45, 7) is 4.20. The van der Waals surface area contributed by atoms with Crippen molar-refractivity contribution in [2.45, 2.75) is 45.6 Å². The predicted molar refractivity (Wildman–Crippen MR) is 112 cm³/mol. The number of nitrogens with one attached hydrogen (secondary N) is 3. The minimum atomic E-state index is 0. The molecule has 5 nitrogen and oxygen atoms in total. The molecule has 136 valence electrons. The van der Waals surface area contributed by atoms with Crippen molar-refractivity contribution in [2.75, 3.05) is 20.1 Å². The second-order valence-electron chi connectivity index (χ2n) is 6.08. The van der Waals surface area contributed by atoms with E-state index in [2.05, 4.69) is 39.3 Å². The number of aliphatic imine (C=N–C) groups is 1. The molecule has 0 aliphatic heterocycles. The van der Waals surface area contributed by atoms with Crippen LogP contribution in [0.1, 0.15) is 42.5 Å². The number of hydrogen-bond donors (Lipinski definition) is 3. The van der Waals surface area contributed by atoms with Gasteiger partial charge in [0.15, 0.2) is 5.96 Å². The van der Waals surface area contributed by atoms with Crippen LogP contribution in [0.15, 0.2) is 16.4 Å². The fourth-order valence-corrected chi connectivity index (χ4v) is 3.75. The van der Waals surface area contributed by atoms with Crippen molar-refractivity contribution in [3.63, 3.8) is 0 Å². The highest BCUT2D eigenvalue weighted by Crippen LogP contribution is 2.27. The van der Waals surface area contributed by atoms with Crippen molar-refractivity contribution < 1.29 is 4.79 Å². The Morgan fingerprint density at radius 3 is 2.58 bits per heavy atom. The SMILES string of the molecule is CN=C(NCCNC(=O)CC1CCCC1)NCc1sccc1C.I. The normalized spacial score (nSPS) is 15.0. The summed E-state index contributed by atoms with van der Waals surface area (Å²) >= 11 is 1.75. The predicted octanol–water partition coefficient (Wildman–Crippen LogP) is 3.04. The maximum absolute atomic E-state index is 11.8. The zero-order valence-corrected chi connectivity index (χ0v) is 17.7. The Hall–Kier alpha value is -0.830. The number of amides is 1. The molecule has 1 fully saturated rings. The molecule has 1 heterocycles. The smallest absolute Gasteiger partial charge is 0.220 e. The molecule has 1 aliphatic rings. The molecule has 1 aromatic heterocycles. The van der Waals surface area contributed by atoms with E-state index in [9.17, 15) is 4.79 Å². The molecule has 0 saturated heterocycles. The van der Waals surface area contributed by atoms with E-state index in [1.54, 1.807) is 18.4 Å². The van der Waals surface area contributed by atoms with Crippen molar-refractivity contribution in [2.24, 2.45) is 10.9 Å². The average Bonchev–Trinajstić information content (AvgIpc) is 3.18. The highest BCUT2D eigenvalue weighted by molar-refractivity contribution is 14.0. The van der Waals surface area contributed by atoms with Crippen molar-refractivity contribution in [1.29, 1.82) is 0 Å². The van der Waals surface area contributed by atoms with E-state index in [0.29, 0.717) is 25.4 Å². The van der Waals surface area contributed by atoms with Gasteiger partial charge in [0.25, 0.3) is 0 Å².